The van der Waals surface area contributed by atoms with Crippen molar-refractivity contribution in [1.82, 2.24) is 15.8 Å². The molecule has 0 saturated carbocycles. The Morgan fingerprint density at radius 3 is 2.37 bits per heavy atom. The number of hydrogen-bond acceptors (Lipinski definition) is 5. The standard InChI is InChI=1S/C20H15N3O4/c1-12-13(8-10-26-12)19(24)22-23-20(25)15-11-17(18-7-4-9-27-18)21-16-6-3-2-5-14(15)16/h2-11H,1H3,(H,22,24)(H,23,25). The van der Waals surface area contributed by atoms with Gasteiger partial charge < -0.3 is 8.83 Å². The van der Waals surface area contributed by atoms with Crippen LogP contribution in [0, 0.1) is 6.92 Å². The summed E-state index contributed by atoms with van der Waals surface area (Å²) in [5.74, 6) is 0.0965. The number of nitrogens with one attached hydrogen (secondary N) is 2. The first kappa shape index (κ1) is 16.6. The van der Waals surface area contributed by atoms with E-state index in [0.29, 0.717) is 39.2 Å². The average molecular weight is 361 g/mol. The van der Waals surface area contributed by atoms with E-state index >= 15 is 0 Å². The Kier molecular flexibility index (Phi) is 4.18. The van der Waals surface area contributed by atoms with Crippen LogP contribution in [-0.4, -0.2) is 16.8 Å². The van der Waals surface area contributed by atoms with E-state index in [1.807, 2.05) is 18.2 Å². The van der Waals surface area contributed by atoms with Crippen LogP contribution in [-0.2, 0) is 0 Å². The van der Waals surface area contributed by atoms with Crippen LogP contribution in [0.25, 0.3) is 22.4 Å². The molecule has 3 heterocycles. The SMILES string of the molecule is Cc1occc1C(=O)NNC(=O)c1cc(-c2ccco2)nc2ccccc12. The smallest absolute Gasteiger partial charge is 0.273 e. The van der Waals surface area contributed by atoms with E-state index in [2.05, 4.69) is 15.8 Å². The number of aromatic nitrogens is 1. The van der Waals surface area contributed by atoms with Crippen molar-refractivity contribution in [3.63, 3.8) is 0 Å². The maximum Gasteiger partial charge on any atom is 0.273 e. The molecule has 0 aliphatic rings. The van der Waals surface area contributed by atoms with E-state index < -0.39 is 11.8 Å². The van der Waals surface area contributed by atoms with Crippen LogP contribution in [0.5, 0.6) is 0 Å². The summed E-state index contributed by atoms with van der Waals surface area (Å²) in [4.78, 5) is 29.4. The van der Waals surface area contributed by atoms with Crippen molar-refractivity contribution < 1.29 is 18.4 Å². The van der Waals surface area contributed by atoms with Gasteiger partial charge in [-0.15, -0.1) is 0 Å². The van der Waals surface area contributed by atoms with Gasteiger partial charge in [-0.05, 0) is 37.3 Å². The Morgan fingerprint density at radius 1 is 0.889 bits per heavy atom. The fourth-order valence-corrected chi connectivity index (χ4v) is 2.78. The van der Waals surface area contributed by atoms with E-state index in [0.717, 1.165) is 0 Å². The predicted molar refractivity (Wildman–Crippen MR) is 97.8 cm³/mol. The van der Waals surface area contributed by atoms with Crippen molar-refractivity contribution >= 4 is 22.7 Å². The summed E-state index contributed by atoms with van der Waals surface area (Å²) in [6, 6.07) is 13.9. The van der Waals surface area contributed by atoms with Crippen LogP contribution >= 0.6 is 0 Å². The summed E-state index contributed by atoms with van der Waals surface area (Å²) in [5, 5.41) is 0.666. The number of hydrogen-bond donors (Lipinski definition) is 2. The van der Waals surface area contributed by atoms with Gasteiger partial charge in [0, 0.05) is 5.39 Å². The van der Waals surface area contributed by atoms with Crippen LogP contribution in [0.3, 0.4) is 0 Å². The number of para-hydroxylation sites is 1. The second kappa shape index (κ2) is 6.80. The third-order valence-electron chi connectivity index (χ3n) is 4.13. The van der Waals surface area contributed by atoms with Crippen LogP contribution in [0.4, 0.5) is 0 Å². The number of hydrazine groups is 1. The molecule has 3 aromatic heterocycles. The number of rotatable bonds is 3. The molecule has 4 aromatic rings. The minimum absolute atomic E-state index is 0.353. The van der Waals surface area contributed by atoms with Gasteiger partial charge >= 0.3 is 0 Å². The normalized spacial score (nSPS) is 10.7. The topological polar surface area (TPSA) is 97.4 Å². The number of furan rings is 2. The molecule has 0 atom stereocenters. The maximum atomic E-state index is 12.7. The third-order valence-corrected chi connectivity index (χ3v) is 4.13. The molecule has 0 unspecified atom stereocenters. The van der Waals surface area contributed by atoms with Gasteiger partial charge in [-0.2, -0.15) is 0 Å². The molecule has 0 aliphatic carbocycles. The molecule has 0 bridgehead atoms. The summed E-state index contributed by atoms with van der Waals surface area (Å²) in [6.45, 7) is 1.67. The fraction of sp³-hybridized carbons (Fsp3) is 0.0500. The van der Waals surface area contributed by atoms with E-state index in [1.165, 1.54) is 12.3 Å². The number of fused-ring (bicyclic) bond motifs is 1. The Hall–Kier alpha value is -3.87. The van der Waals surface area contributed by atoms with E-state index in [1.54, 1.807) is 37.5 Å². The molecule has 27 heavy (non-hydrogen) atoms. The molecule has 4 rings (SSSR count). The summed E-state index contributed by atoms with van der Waals surface area (Å²) in [6.07, 6.45) is 2.96. The molecule has 7 heteroatoms. The summed E-state index contributed by atoms with van der Waals surface area (Å²) >= 11 is 0. The van der Waals surface area contributed by atoms with Crippen molar-refractivity contribution in [3.05, 3.63) is 77.9 Å². The Balaban J connectivity index is 1.64. The molecule has 1 aromatic carbocycles. The Bertz CT molecular complexity index is 1130. The van der Waals surface area contributed by atoms with E-state index in [4.69, 9.17) is 8.83 Å². The number of benzene rings is 1. The molecule has 0 saturated heterocycles. The monoisotopic (exact) mass is 361 g/mol. The predicted octanol–water partition coefficient (Wildman–Crippen LogP) is 3.47. The lowest BCUT2D eigenvalue weighted by molar-refractivity contribution is 0.0846. The number of pyridine rings is 1. The van der Waals surface area contributed by atoms with E-state index in [-0.39, 0.29) is 0 Å². The molecule has 0 aliphatic heterocycles. The van der Waals surface area contributed by atoms with Crippen LogP contribution in [0.15, 0.2) is 69.9 Å². The van der Waals surface area contributed by atoms with Gasteiger partial charge in [0.2, 0.25) is 0 Å². The van der Waals surface area contributed by atoms with E-state index in [9.17, 15) is 9.59 Å². The highest BCUT2D eigenvalue weighted by Gasteiger charge is 2.17. The summed E-state index contributed by atoms with van der Waals surface area (Å²) < 4.78 is 10.5. The van der Waals surface area contributed by atoms with Crippen molar-refractivity contribution in [2.75, 3.05) is 0 Å². The highest BCUT2D eigenvalue weighted by Crippen LogP contribution is 2.25. The van der Waals surface area contributed by atoms with Crippen molar-refractivity contribution in [1.29, 1.82) is 0 Å². The van der Waals surface area contributed by atoms with Gasteiger partial charge in [-0.25, -0.2) is 4.98 Å². The van der Waals surface area contributed by atoms with Crippen molar-refractivity contribution in [2.24, 2.45) is 0 Å². The number of carbonyl (C=O) groups excluding carboxylic acids is 2. The quantitative estimate of drug-likeness (QED) is 0.545. The minimum atomic E-state index is -0.462. The third kappa shape index (κ3) is 3.18. The lowest BCUT2D eigenvalue weighted by Gasteiger charge is -2.10. The first-order valence-corrected chi connectivity index (χ1v) is 8.22. The molecule has 134 valence electrons. The van der Waals surface area contributed by atoms with Gasteiger partial charge in [-0.1, -0.05) is 18.2 Å². The molecule has 7 nitrogen and oxygen atoms in total. The number of nitrogens with zero attached hydrogens (tertiary/aromatic N) is 1. The van der Waals surface area contributed by atoms with Crippen molar-refractivity contribution in [2.45, 2.75) is 6.92 Å². The largest absolute Gasteiger partial charge is 0.469 e. The molecule has 0 fully saturated rings. The van der Waals surface area contributed by atoms with Gasteiger partial charge in [0.05, 0.1) is 29.2 Å². The number of carbonyl (C=O) groups is 2. The molecule has 0 spiro atoms. The zero-order chi connectivity index (χ0) is 18.8. The van der Waals surface area contributed by atoms with Gasteiger partial charge in [-0.3, -0.25) is 20.4 Å². The zero-order valence-corrected chi connectivity index (χ0v) is 14.4. The minimum Gasteiger partial charge on any atom is -0.469 e. The Labute approximate surface area is 154 Å². The average Bonchev–Trinajstić information content (AvgIpc) is 3.36. The first-order chi connectivity index (χ1) is 13.1. The lowest BCUT2D eigenvalue weighted by Crippen LogP contribution is -2.41. The molecular weight excluding hydrogens is 346 g/mol. The number of amides is 2. The van der Waals surface area contributed by atoms with Crippen LogP contribution in [0.1, 0.15) is 26.5 Å². The van der Waals surface area contributed by atoms with Crippen LogP contribution in [0.2, 0.25) is 0 Å². The molecular formula is C20H15N3O4. The first-order valence-electron chi connectivity index (χ1n) is 8.22. The zero-order valence-electron chi connectivity index (χ0n) is 14.4. The van der Waals surface area contributed by atoms with Gasteiger partial charge in [0.25, 0.3) is 11.8 Å². The molecule has 2 N–H and O–H groups in total. The number of aryl methyl sites for hydroxylation is 1. The second-order valence-electron chi connectivity index (χ2n) is 5.85. The fourth-order valence-electron chi connectivity index (χ4n) is 2.78. The second-order valence-corrected chi connectivity index (χ2v) is 5.85. The molecule has 2 amide bonds. The highest BCUT2D eigenvalue weighted by atomic mass is 16.3. The Morgan fingerprint density at radius 2 is 1.67 bits per heavy atom. The molecule has 0 radical (unpaired) electrons. The van der Waals surface area contributed by atoms with Gasteiger partial charge in [0.1, 0.15) is 11.5 Å². The highest BCUT2D eigenvalue weighted by molar-refractivity contribution is 6.08. The van der Waals surface area contributed by atoms with Gasteiger partial charge in [0.15, 0.2) is 5.76 Å². The van der Waals surface area contributed by atoms with Crippen molar-refractivity contribution in [3.8, 4) is 11.5 Å². The summed E-state index contributed by atoms with van der Waals surface area (Å²) in [7, 11) is 0. The van der Waals surface area contributed by atoms with Crippen LogP contribution < -0.4 is 10.9 Å². The maximum absolute atomic E-state index is 12.7. The summed E-state index contributed by atoms with van der Waals surface area (Å²) in [5.41, 5.74) is 6.74. The lowest BCUT2D eigenvalue weighted by atomic mass is 10.1.